The number of nitrogens with two attached hydrogens (primary N) is 1. The Kier molecular flexibility index (Phi) is 4.13. The van der Waals surface area contributed by atoms with Crippen LogP contribution >= 0.6 is 0 Å². The highest BCUT2D eigenvalue weighted by Gasteiger charge is 2.14. The van der Waals surface area contributed by atoms with E-state index in [0.717, 1.165) is 22.4 Å². The Hall–Kier alpha value is -3.39. The van der Waals surface area contributed by atoms with Gasteiger partial charge in [-0.2, -0.15) is 5.26 Å². The van der Waals surface area contributed by atoms with Gasteiger partial charge in [0.15, 0.2) is 0 Å². The topological polar surface area (TPSA) is 84.8 Å². The lowest BCUT2D eigenvalue weighted by Gasteiger charge is -2.12. The van der Waals surface area contributed by atoms with Crippen LogP contribution in [0.4, 0.5) is 5.82 Å². The maximum atomic E-state index is 9.48. The number of aryl methyl sites for hydroxylation is 1. The minimum absolute atomic E-state index is 0.198. The zero-order valence-corrected chi connectivity index (χ0v) is 13.4. The van der Waals surface area contributed by atoms with Gasteiger partial charge in [0, 0.05) is 11.8 Å². The lowest BCUT2D eigenvalue weighted by molar-refractivity contribution is 0.412. The molecule has 0 unspecified atom stereocenters. The molecule has 3 aromatic rings. The second-order valence-electron chi connectivity index (χ2n) is 5.33. The SMILES string of the molecule is COc1ccc(-c2cc(-c3ccccn3)nc(N)c2C#N)cc1C. The molecule has 0 amide bonds. The summed E-state index contributed by atoms with van der Waals surface area (Å²) in [6.07, 6.45) is 1.70. The van der Waals surface area contributed by atoms with Crippen LogP contribution in [0.1, 0.15) is 11.1 Å². The van der Waals surface area contributed by atoms with E-state index in [9.17, 15) is 5.26 Å². The van der Waals surface area contributed by atoms with Crippen LogP contribution in [-0.4, -0.2) is 17.1 Å². The van der Waals surface area contributed by atoms with E-state index in [1.165, 1.54) is 0 Å². The number of methoxy groups -OCH3 is 1. The molecule has 2 aromatic heterocycles. The Morgan fingerprint density at radius 3 is 2.58 bits per heavy atom. The summed E-state index contributed by atoms with van der Waals surface area (Å²) in [6.45, 7) is 1.96. The van der Waals surface area contributed by atoms with Gasteiger partial charge in [-0.3, -0.25) is 4.98 Å². The van der Waals surface area contributed by atoms with Gasteiger partial charge in [-0.15, -0.1) is 0 Å². The number of nitrogens with zero attached hydrogens (tertiary/aromatic N) is 3. The fourth-order valence-corrected chi connectivity index (χ4v) is 2.60. The number of ether oxygens (including phenoxy) is 1. The number of benzene rings is 1. The van der Waals surface area contributed by atoms with Crippen molar-refractivity contribution in [3.8, 4) is 34.3 Å². The summed E-state index contributed by atoms with van der Waals surface area (Å²) in [5.41, 5.74) is 10.3. The Labute approximate surface area is 140 Å². The van der Waals surface area contributed by atoms with Crippen molar-refractivity contribution in [2.75, 3.05) is 12.8 Å². The highest BCUT2D eigenvalue weighted by atomic mass is 16.5. The van der Waals surface area contributed by atoms with Crippen molar-refractivity contribution in [3.05, 3.63) is 59.8 Å². The molecule has 0 aliphatic heterocycles. The molecule has 0 fully saturated rings. The molecule has 24 heavy (non-hydrogen) atoms. The summed E-state index contributed by atoms with van der Waals surface area (Å²) >= 11 is 0. The molecular formula is C19H16N4O. The number of nitrogen functional groups attached to an aromatic ring is 1. The number of anilines is 1. The smallest absolute Gasteiger partial charge is 0.142 e. The molecule has 0 saturated heterocycles. The number of nitriles is 1. The molecule has 0 atom stereocenters. The fraction of sp³-hybridized carbons (Fsp3) is 0.105. The van der Waals surface area contributed by atoms with Crippen molar-refractivity contribution < 1.29 is 4.74 Å². The first kappa shape index (κ1) is 15.5. The zero-order valence-electron chi connectivity index (χ0n) is 13.4. The third-order valence-electron chi connectivity index (χ3n) is 3.79. The van der Waals surface area contributed by atoms with Crippen molar-refractivity contribution >= 4 is 5.82 Å². The van der Waals surface area contributed by atoms with Crippen molar-refractivity contribution in [2.24, 2.45) is 0 Å². The summed E-state index contributed by atoms with van der Waals surface area (Å²) in [6, 6.07) is 15.3. The number of hydrogen-bond donors (Lipinski definition) is 1. The van der Waals surface area contributed by atoms with Crippen molar-refractivity contribution in [1.82, 2.24) is 9.97 Å². The number of aromatic nitrogens is 2. The molecule has 3 rings (SSSR count). The monoisotopic (exact) mass is 316 g/mol. The normalized spacial score (nSPS) is 10.2. The number of pyridine rings is 2. The second kappa shape index (κ2) is 6.39. The third-order valence-corrected chi connectivity index (χ3v) is 3.79. The predicted molar refractivity (Wildman–Crippen MR) is 93.3 cm³/mol. The summed E-state index contributed by atoms with van der Waals surface area (Å²) in [7, 11) is 1.63. The average molecular weight is 316 g/mol. The molecule has 118 valence electrons. The molecular weight excluding hydrogens is 300 g/mol. The van der Waals surface area contributed by atoms with Crippen LogP contribution in [0.25, 0.3) is 22.5 Å². The highest BCUT2D eigenvalue weighted by Crippen LogP contribution is 2.32. The van der Waals surface area contributed by atoms with Gasteiger partial charge in [0.1, 0.15) is 23.2 Å². The largest absolute Gasteiger partial charge is 0.496 e. The van der Waals surface area contributed by atoms with E-state index in [4.69, 9.17) is 10.5 Å². The first-order valence-electron chi connectivity index (χ1n) is 7.41. The molecule has 0 aliphatic carbocycles. The Morgan fingerprint density at radius 1 is 1.12 bits per heavy atom. The maximum Gasteiger partial charge on any atom is 0.142 e. The van der Waals surface area contributed by atoms with Gasteiger partial charge in [0.2, 0.25) is 0 Å². The molecule has 0 saturated carbocycles. The van der Waals surface area contributed by atoms with Crippen LogP contribution in [0, 0.1) is 18.3 Å². The molecule has 0 aliphatic rings. The minimum Gasteiger partial charge on any atom is -0.496 e. The standard InChI is InChI=1S/C19H16N4O/c1-12-9-13(6-7-18(12)24-2)14-10-17(16-5-3-4-8-22-16)23-19(21)15(14)11-20/h3-10H,1-2H3,(H2,21,23). The highest BCUT2D eigenvalue weighted by molar-refractivity contribution is 5.80. The first-order chi connectivity index (χ1) is 11.6. The van der Waals surface area contributed by atoms with Gasteiger partial charge in [0.25, 0.3) is 0 Å². The number of hydrogen-bond acceptors (Lipinski definition) is 5. The van der Waals surface area contributed by atoms with E-state index in [2.05, 4.69) is 16.0 Å². The Balaban J connectivity index is 2.21. The number of rotatable bonds is 3. The van der Waals surface area contributed by atoms with Gasteiger partial charge in [-0.25, -0.2) is 4.98 Å². The summed E-state index contributed by atoms with van der Waals surface area (Å²) in [5, 5.41) is 9.48. The summed E-state index contributed by atoms with van der Waals surface area (Å²) < 4.78 is 5.30. The van der Waals surface area contributed by atoms with Gasteiger partial charge in [0.05, 0.1) is 18.5 Å². The maximum absolute atomic E-state index is 9.48. The Morgan fingerprint density at radius 2 is 1.96 bits per heavy atom. The molecule has 5 heteroatoms. The zero-order chi connectivity index (χ0) is 17.1. The van der Waals surface area contributed by atoms with E-state index >= 15 is 0 Å². The van der Waals surface area contributed by atoms with Crippen LogP contribution in [-0.2, 0) is 0 Å². The van der Waals surface area contributed by atoms with E-state index in [0.29, 0.717) is 17.0 Å². The quantitative estimate of drug-likeness (QED) is 0.798. The molecule has 2 heterocycles. The molecule has 0 radical (unpaired) electrons. The summed E-state index contributed by atoms with van der Waals surface area (Å²) in [5.74, 6) is 0.994. The minimum atomic E-state index is 0.198. The van der Waals surface area contributed by atoms with Crippen LogP contribution < -0.4 is 10.5 Å². The van der Waals surface area contributed by atoms with E-state index in [1.54, 1.807) is 13.3 Å². The van der Waals surface area contributed by atoms with E-state index in [1.807, 2.05) is 49.4 Å². The van der Waals surface area contributed by atoms with Gasteiger partial charge in [-0.1, -0.05) is 12.1 Å². The van der Waals surface area contributed by atoms with Crippen LogP contribution in [0.5, 0.6) is 5.75 Å². The van der Waals surface area contributed by atoms with Gasteiger partial charge >= 0.3 is 0 Å². The Bertz CT molecular complexity index is 930. The van der Waals surface area contributed by atoms with E-state index in [-0.39, 0.29) is 5.82 Å². The lowest BCUT2D eigenvalue weighted by Crippen LogP contribution is -2.00. The lowest BCUT2D eigenvalue weighted by atomic mass is 9.98. The van der Waals surface area contributed by atoms with Crippen LogP contribution in [0.3, 0.4) is 0 Å². The second-order valence-corrected chi connectivity index (χ2v) is 5.33. The third kappa shape index (κ3) is 2.77. The van der Waals surface area contributed by atoms with Crippen molar-refractivity contribution in [2.45, 2.75) is 6.92 Å². The predicted octanol–water partition coefficient (Wildman–Crippen LogP) is 3.58. The van der Waals surface area contributed by atoms with E-state index < -0.39 is 0 Å². The van der Waals surface area contributed by atoms with Crippen LogP contribution in [0.2, 0.25) is 0 Å². The molecule has 0 bridgehead atoms. The van der Waals surface area contributed by atoms with Gasteiger partial charge in [-0.05, 0) is 48.4 Å². The molecule has 0 spiro atoms. The fourth-order valence-electron chi connectivity index (χ4n) is 2.60. The molecule has 2 N–H and O–H groups in total. The first-order valence-corrected chi connectivity index (χ1v) is 7.41. The van der Waals surface area contributed by atoms with Crippen molar-refractivity contribution in [1.29, 1.82) is 5.26 Å². The summed E-state index contributed by atoms with van der Waals surface area (Å²) in [4.78, 5) is 8.63. The molecule has 5 nitrogen and oxygen atoms in total. The molecule has 1 aromatic carbocycles. The van der Waals surface area contributed by atoms with Crippen LogP contribution in [0.15, 0.2) is 48.7 Å². The van der Waals surface area contributed by atoms with Gasteiger partial charge < -0.3 is 10.5 Å². The average Bonchev–Trinajstić information content (AvgIpc) is 2.61. The van der Waals surface area contributed by atoms with Crippen molar-refractivity contribution in [3.63, 3.8) is 0 Å².